The van der Waals surface area contributed by atoms with Gasteiger partial charge in [-0.25, -0.2) is 9.59 Å². The molecule has 1 aliphatic rings. The molecule has 0 saturated carbocycles. The van der Waals surface area contributed by atoms with Gasteiger partial charge in [-0.05, 0) is 49.9 Å². The van der Waals surface area contributed by atoms with Crippen molar-refractivity contribution in [1.82, 2.24) is 10.6 Å². The lowest BCUT2D eigenvalue weighted by molar-refractivity contribution is -0.139. The number of nitrogens with one attached hydrogen (secondary N) is 2. The molecular weight excluding hydrogens is 420 g/mol. The standard InChI is InChI=1S/C26H32N2O5/c1-5-7-8-20-23(25(29)32-6-2)24(28-26(30)27-20)19-13-14-21(31-4)22(15-19)33-16-18-11-9-17(3)10-12-18/h9-15,24H,5-8,16H2,1-4H3,(H2,27,28,30). The second-order valence-electron chi connectivity index (χ2n) is 7.93. The third kappa shape index (κ3) is 6.06. The number of amides is 2. The van der Waals surface area contributed by atoms with Crippen molar-refractivity contribution in [1.29, 1.82) is 0 Å². The molecule has 33 heavy (non-hydrogen) atoms. The Balaban J connectivity index is 1.95. The van der Waals surface area contributed by atoms with Gasteiger partial charge in [-0.2, -0.15) is 0 Å². The number of methoxy groups -OCH3 is 1. The fourth-order valence-corrected chi connectivity index (χ4v) is 3.70. The van der Waals surface area contributed by atoms with Crippen molar-refractivity contribution in [2.24, 2.45) is 0 Å². The van der Waals surface area contributed by atoms with Crippen LogP contribution < -0.4 is 20.1 Å². The monoisotopic (exact) mass is 452 g/mol. The van der Waals surface area contributed by atoms with E-state index in [2.05, 4.69) is 17.6 Å². The Hall–Kier alpha value is -3.48. The minimum Gasteiger partial charge on any atom is -0.493 e. The average molecular weight is 453 g/mol. The van der Waals surface area contributed by atoms with Gasteiger partial charge < -0.3 is 24.8 Å². The zero-order chi connectivity index (χ0) is 23.8. The highest BCUT2D eigenvalue weighted by molar-refractivity contribution is 5.95. The molecule has 0 aromatic heterocycles. The average Bonchev–Trinajstić information content (AvgIpc) is 2.81. The number of rotatable bonds is 10. The van der Waals surface area contributed by atoms with Gasteiger partial charge in [-0.15, -0.1) is 0 Å². The molecule has 0 spiro atoms. The molecule has 3 rings (SSSR count). The number of allylic oxidation sites excluding steroid dienone is 1. The van der Waals surface area contributed by atoms with Gasteiger partial charge in [0.1, 0.15) is 6.61 Å². The molecule has 0 radical (unpaired) electrons. The zero-order valence-electron chi connectivity index (χ0n) is 19.7. The second kappa shape index (κ2) is 11.4. The van der Waals surface area contributed by atoms with Crippen LogP contribution in [0.2, 0.25) is 0 Å². The first kappa shape index (κ1) is 24.2. The van der Waals surface area contributed by atoms with E-state index in [1.54, 1.807) is 26.2 Å². The van der Waals surface area contributed by atoms with Crippen LogP contribution in [0.3, 0.4) is 0 Å². The van der Waals surface area contributed by atoms with E-state index in [-0.39, 0.29) is 12.6 Å². The number of aryl methyl sites for hydroxylation is 1. The Morgan fingerprint density at radius 1 is 1.06 bits per heavy atom. The Bertz CT molecular complexity index is 1010. The molecule has 1 heterocycles. The summed E-state index contributed by atoms with van der Waals surface area (Å²) >= 11 is 0. The van der Waals surface area contributed by atoms with Crippen LogP contribution in [-0.2, 0) is 16.1 Å². The third-order valence-electron chi connectivity index (χ3n) is 5.47. The van der Waals surface area contributed by atoms with E-state index in [1.165, 1.54) is 5.56 Å². The number of urea groups is 1. The summed E-state index contributed by atoms with van der Waals surface area (Å²) in [6.45, 7) is 6.47. The maximum absolute atomic E-state index is 12.9. The summed E-state index contributed by atoms with van der Waals surface area (Å²) in [5.41, 5.74) is 3.93. The number of unbranched alkanes of at least 4 members (excludes halogenated alkanes) is 1. The summed E-state index contributed by atoms with van der Waals surface area (Å²) in [6.07, 6.45) is 2.37. The molecule has 2 aromatic carbocycles. The van der Waals surface area contributed by atoms with Crippen molar-refractivity contribution >= 4 is 12.0 Å². The summed E-state index contributed by atoms with van der Waals surface area (Å²) in [5, 5.41) is 5.67. The number of hydrogen-bond acceptors (Lipinski definition) is 5. The lowest BCUT2D eigenvalue weighted by Gasteiger charge is -2.30. The van der Waals surface area contributed by atoms with Crippen LogP contribution in [0.5, 0.6) is 11.5 Å². The number of hydrogen-bond donors (Lipinski definition) is 2. The molecule has 1 aliphatic heterocycles. The SMILES string of the molecule is CCCCC1=C(C(=O)OCC)C(c2ccc(OC)c(OCc3ccc(C)cc3)c2)NC(=O)N1. The van der Waals surface area contributed by atoms with Crippen molar-refractivity contribution in [3.8, 4) is 11.5 Å². The first-order valence-corrected chi connectivity index (χ1v) is 11.3. The van der Waals surface area contributed by atoms with Crippen molar-refractivity contribution in [3.63, 3.8) is 0 Å². The fourth-order valence-electron chi connectivity index (χ4n) is 3.70. The minimum absolute atomic E-state index is 0.248. The van der Waals surface area contributed by atoms with Crippen molar-refractivity contribution in [2.75, 3.05) is 13.7 Å². The van der Waals surface area contributed by atoms with Crippen LogP contribution in [0.1, 0.15) is 55.8 Å². The van der Waals surface area contributed by atoms with Gasteiger partial charge in [0.25, 0.3) is 0 Å². The van der Waals surface area contributed by atoms with E-state index in [9.17, 15) is 9.59 Å². The van der Waals surface area contributed by atoms with Crippen molar-refractivity contribution in [2.45, 2.75) is 52.7 Å². The molecule has 176 valence electrons. The van der Waals surface area contributed by atoms with Crippen LogP contribution in [0.15, 0.2) is 53.7 Å². The summed E-state index contributed by atoms with van der Waals surface area (Å²) in [5.74, 6) is 0.653. The molecule has 2 aromatic rings. The lowest BCUT2D eigenvalue weighted by Crippen LogP contribution is -2.46. The Labute approximate surface area is 195 Å². The molecule has 1 unspecified atom stereocenters. The summed E-state index contributed by atoms with van der Waals surface area (Å²) in [6, 6.07) is 12.5. The van der Waals surface area contributed by atoms with Crippen LogP contribution in [-0.4, -0.2) is 25.7 Å². The van der Waals surface area contributed by atoms with E-state index in [0.29, 0.717) is 41.4 Å². The maximum Gasteiger partial charge on any atom is 0.338 e. The quantitative estimate of drug-likeness (QED) is 0.499. The van der Waals surface area contributed by atoms with Crippen LogP contribution in [0, 0.1) is 6.92 Å². The summed E-state index contributed by atoms with van der Waals surface area (Å²) in [7, 11) is 1.58. The van der Waals surface area contributed by atoms with Gasteiger partial charge in [0.2, 0.25) is 0 Å². The highest BCUT2D eigenvalue weighted by atomic mass is 16.5. The highest BCUT2D eigenvalue weighted by Gasteiger charge is 2.33. The normalized spacial score (nSPS) is 15.5. The molecule has 1 atom stereocenters. The first-order valence-electron chi connectivity index (χ1n) is 11.3. The van der Waals surface area contributed by atoms with Gasteiger partial charge >= 0.3 is 12.0 Å². The fraction of sp³-hybridized carbons (Fsp3) is 0.385. The first-order chi connectivity index (χ1) is 16.0. The summed E-state index contributed by atoms with van der Waals surface area (Å²) < 4.78 is 16.9. The molecule has 0 fully saturated rings. The van der Waals surface area contributed by atoms with E-state index in [4.69, 9.17) is 14.2 Å². The van der Waals surface area contributed by atoms with Gasteiger partial charge in [0.05, 0.1) is 25.3 Å². The van der Waals surface area contributed by atoms with Gasteiger partial charge in [0, 0.05) is 5.70 Å². The largest absolute Gasteiger partial charge is 0.493 e. The van der Waals surface area contributed by atoms with Crippen molar-refractivity contribution < 1.29 is 23.8 Å². The van der Waals surface area contributed by atoms with E-state index < -0.39 is 12.0 Å². The molecule has 2 amide bonds. The number of ether oxygens (including phenoxy) is 3. The van der Waals surface area contributed by atoms with Gasteiger partial charge in [-0.3, -0.25) is 0 Å². The van der Waals surface area contributed by atoms with E-state index in [0.717, 1.165) is 18.4 Å². The Morgan fingerprint density at radius 3 is 2.48 bits per heavy atom. The molecular formula is C26H32N2O5. The van der Waals surface area contributed by atoms with E-state index in [1.807, 2.05) is 37.3 Å². The van der Waals surface area contributed by atoms with Gasteiger partial charge in [-0.1, -0.05) is 49.2 Å². The van der Waals surface area contributed by atoms with Crippen molar-refractivity contribution in [3.05, 3.63) is 70.4 Å². The minimum atomic E-state index is -0.655. The number of esters is 1. The van der Waals surface area contributed by atoms with Crippen LogP contribution in [0.4, 0.5) is 4.79 Å². The number of carbonyl (C=O) groups excluding carboxylic acids is 2. The van der Waals surface area contributed by atoms with Crippen LogP contribution >= 0.6 is 0 Å². The predicted octanol–water partition coefficient (Wildman–Crippen LogP) is 4.94. The smallest absolute Gasteiger partial charge is 0.338 e. The topological polar surface area (TPSA) is 85.9 Å². The lowest BCUT2D eigenvalue weighted by atomic mass is 9.93. The number of benzene rings is 2. The van der Waals surface area contributed by atoms with E-state index >= 15 is 0 Å². The number of carbonyl (C=O) groups is 2. The second-order valence-corrected chi connectivity index (χ2v) is 7.93. The Kier molecular flexibility index (Phi) is 8.35. The maximum atomic E-state index is 12.9. The molecule has 2 N–H and O–H groups in total. The zero-order valence-corrected chi connectivity index (χ0v) is 19.7. The summed E-state index contributed by atoms with van der Waals surface area (Å²) in [4.78, 5) is 25.3. The molecule has 0 saturated heterocycles. The molecule has 0 aliphatic carbocycles. The predicted molar refractivity (Wildman–Crippen MR) is 126 cm³/mol. The Morgan fingerprint density at radius 2 is 1.82 bits per heavy atom. The molecule has 0 bridgehead atoms. The third-order valence-corrected chi connectivity index (χ3v) is 5.47. The molecule has 7 heteroatoms. The molecule has 7 nitrogen and oxygen atoms in total. The van der Waals surface area contributed by atoms with Crippen LogP contribution in [0.25, 0.3) is 0 Å². The highest BCUT2D eigenvalue weighted by Crippen LogP contribution is 2.35. The van der Waals surface area contributed by atoms with Gasteiger partial charge in [0.15, 0.2) is 11.5 Å².